The largest absolute Gasteiger partial charge is 0.466 e. The first-order valence-electron chi connectivity index (χ1n) is 5.86. The Morgan fingerprint density at radius 3 is 3.00 bits per heavy atom. The highest BCUT2D eigenvalue weighted by Crippen LogP contribution is 2.19. The lowest BCUT2D eigenvalue weighted by Gasteiger charge is -2.09. The highest BCUT2D eigenvalue weighted by atomic mass is 16.5. The minimum atomic E-state index is -0.196. The normalized spacial score (nSPS) is 9.56. The van der Waals surface area contributed by atoms with Gasteiger partial charge < -0.3 is 15.8 Å². The zero-order valence-corrected chi connectivity index (χ0v) is 10.4. The van der Waals surface area contributed by atoms with Gasteiger partial charge in [0.2, 0.25) is 0 Å². The minimum absolute atomic E-state index is 0.196. The van der Waals surface area contributed by atoms with Crippen LogP contribution < -0.4 is 11.1 Å². The van der Waals surface area contributed by atoms with Crippen molar-refractivity contribution in [2.45, 2.75) is 19.8 Å². The number of nitrogens with zero attached hydrogens (tertiary/aromatic N) is 1. The highest BCUT2D eigenvalue weighted by Gasteiger charge is 2.03. The van der Waals surface area contributed by atoms with E-state index in [2.05, 4.69) is 11.4 Å². The predicted octanol–water partition coefficient (Wildman–Crippen LogP) is 1.90. The van der Waals surface area contributed by atoms with Crippen molar-refractivity contribution in [1.82, 2.24) is 0 Å². The molecule has 0 bridgehead atoms. The molecule has 0 unspecified atom stereocenters. The van der Waals surface area contributed by atoms with E-state index in [4.69, 9.17) is 15.7 Å². The Labute approximate surface area is 107 Å². The number of esters is 1. The molecule has 0 saturated heterocycles. The number of rotatable bonds is 6. The molecular formula is C13H17N3O2. The number of hydrogen-bond donors (Lipinski definition) is 2. The van der Waals surface area contributed by atoms with Crippen LogP contribution in [0.5, 0.6) is 0 Å². The van der Waals surface area contributed by atoms with Crippen LogP contribution in [0.3, 0.4) is 0 Å². The van der Waals surface area contributed by atoms with Crippen LogP contribution in [0.2, 0.25) is 0 Å². The van der Waals surface area contributed by atoms with Crippen LogP contribution in [0.25, 0.3) is 0 Å². The number of benzene rings is 1. The first-order valence-corrected chi connectivity index (χ1v) is 5.86. The molecule has 0 spiro atoms. The number of nitrogen functional groups attached to an aromatic ring is 1. The molecule has 0 saturated carbocycles. The number of nitrogens with two attached hydrogens (primary N) is 1. The number of carbonyl (C=O) groups excluding carboxylic acids is 1. The molecule has 1 aromatic carbocycles. The van der Waals surface area contributed by atoms with E-state index in [-0.39, 0.29) is 5.97 Å². The molecule has 1 aromatic rings. The van der Waals surface area contributed by atoms with Crippen LogP contribution >= 0.6 is 0 Å². The van der Waals surface area contributed by atoms with E-state index < -0.39 is 0 Å². The van der Waals surface area contributed by atoms with Gasteiger partial charge in [-0.2, -0.15) is 5.26 Å². The predicted molar refractivity (Wildman–Crippen MR) is 69.9 cm³/mol. The fourth-order valence-corrected chi connectivity index (χ4v) is 1.47. The minimum Gasteiger partial charge on any atom is -0.466 e. The monoisotopic (exact) mass is 247 g/mol. The van der Waals surface area contributed by atoms with Crippen molar-refractivity contribution in [2.75, 3.05) is 24.2 Å². The van der Waals surface area contributed by atoms with Crippen LogP contribution in [0.15, 0.2) is 18.2 Å². The maximum atomic E-state index is 11.1. The Balaban J connectivity index is 2.40. The van der Waals surface area contributed by atoms with Crippen molar-refractivity contribution in [3.05, 3.63) is 23.8 Å². The smallest absolute Gasteiger partial charge is 0.305 e. The third-order valence-electron chi connectivity index (χ3n) is 2.36. The summed E-state index contributed by atoms with van der Waals surface area (Å²) in [4.78, 5) is 11.1. The van der Waals surface area contributed by atoms with E-state index in [1.807, 2.05) is 0 Å². The lowest BCUT2D eigenvalue weighted by Crippen LogP contribution is -2.09. The number of carbonyl (C=O) groups is 1. The van der Waals surface area contributed by atoms with Gasteiger partial charge >= 0.3 is 5.97 Å². The van der Waals surface area contributed by atoms with Gasteiger partial charge in [-0.1, -0.05) is 0 Å². The third kappa shape index (κ3) is 4.34. The van der Waals surface area contributed by atoms with Crippen LogP contribution in [0, 0.1) is 11.3 Å². The molecule has 0 aliphatic carbocycles. The number of nitrogens with one attached hydrogen (secondary N) is 1. The maximum absolute atomic E-state index is 11.1. The zero-order chi connectivity index (χ0) is 13.4. The average Bonchev–Trinajstić information content (AvgIpc) is 2.37. The molecule has 0 aliphatic heterocycles. The Morgan fingerprint density at radius 2 is 2.33 bits per heavy atom. The molecule has 0 aliphatic rings. The summed E-state index contributed by atoms with van der Waals surface area (Å²) in [5.41, 5.74) is 7.63. The fraction of sp³-hybridized carbons (Fsp3) is 0.385. The van der Waals surface area contributed by atoms with Gasteiger partial charge in [0.05, 0.1) is 29.6 Å². The summed E-state index contributed by atoms with van der Waals surface area (Å²) in [5.74, 6) is -0.196. The molecule has 0 atom stereocenters. The van der Waals surface area contributed by atoms with Crippen LogP contribution in [0.4, 0.5) is 11.4 Å². The number of anilines is 2. The summed E-state index contributed by atoms with van der Waals surface area (Å²) in [6.07, 6.45) is 1.04. The fourth-order valence-electron chi connectivity index (χ4n) is 1.47. The summed E-state index contributed by atoms with van der Waals surface area (Å²) in [5, 5.41) is 11.9. The van der Waals surface area contributed by atoms with Gasteiger partial charge in [-0.3, -0.25) is 4.79 Å². The van der Waals surface area contributed by atoms with Gasteiger partial charge in [0.25, 0.3) is 0 Å². The Bertz CT molecular complexity index is 452. The van der Waals surface area contributed by atoms with E-state index >= 15 is 0 Å². The zero-order valence-electron chi connectivity index (χ0n) is 10.4. The molecule has 1 rings (SSSR count). The van der Waals surface area contributed by atoms with Gasteiger partial charge in [-0.15, -0.1) is 0 Å². The summed E-state index contributed by atoms with van der Waals surface area (Å²) in [6, 6.07) is 7.10. The molecular weight excluding hydrogens is 230 g/mol. The molecule has 0 fully saturated rings. The van der Waals surface area contributed by atoms with E-state index in [0.29, 0.717) is 37.2 Å². The first-order chi connectivity index (χ1) is 8.67. The average molecular weight is 247 g/mol. The second-order valence-electron chi connectivity index (χ2n) is 3.75. The summed E-state index contributed by atoms with van der Waals surface area (Å²) >= 11 is 0. The molecule has 0 amide bonds. The molecule has 5 nitrogen and oxygen atoms in total. The molecule has 3 N–H and O–H groups in total. The van der Waals surface area contributed by atoms with Gasteiger partial charge in [-0.05, 0) is 31.5 Å². The van der Waals surface area contributed by atoms with E-state index in [0.717, 1.165) is 5.69 Å². The number of ether oxygens (including phenoxy) is 1. The van der Waals surface area contributed by atoms with Gasteiger partial charge in [0.15, 0.2) is 0 Å². The lowest BCUT2D eigenvalue weighted by molar-refractivity contribution is -0.143. The van der Waals surface area contributed by atoms with E-state index in [1.54, 1.807) is 25.1 Å². The SMILES string of the molecule is CCOC(=O)CCCNc1cc(C#N)ccc1N. The van der Waals surface area contributed by atoms with Gasteiger partial charge in [-0.25, -0.2) is 0 Å². The van der Waals surface area contributed by atoms with Gasteiger partial charge in [0, 0.05) is 13.0 Å². The molecule has 0 radical (unpaired) electrons. The van der Waals surface area contributed by atoms with Crippen molar-refractivity contribution in [2.24, 2.45) is 0 Å². The Morgan fingerprint density at radius 1 is 1.56 bits per heavy atom. The molecule has 0 heterocycles. The van der Waals surface area contributed by atoms with Crippen LogP contribution in [-0.4, -0.2) is 19.1 Å². The van der Waals surface area contributed by atoms with E-state index in [1.165, 1.54) is 0 Å². The number of nitriles is 1. The van der Waals surface area contributed by atoms with Crippen molar-refractivity contribution in [3.63, 3.8) is 0 Å². The highest BCUT2D eigenvalue weighted by molar-refractivity contribution is 5.70. The lowest BCUT2D eigenvalue weighted by atomic mass is 10.2. The van der Waals surface area contributed by atoms with E-state index in [9.17, 15) is 4.79 Å². The van der Waals surface area contributed by atoms with Crippen molar-refractivity contribution >= 4 is 17.3 Å². The molecule has 0 aromatic heterocycles. The van der Waals surface area contributed by atoms with Crippen molar-refractivity contribution in [3.8, 4) is 6.07 Å². The Kier molecular flexibility index (Phi) is 5.52. The quantitative estimate of drug-likeness (QED) is 0.455. The molecule has 5 heteroatoms. The van der Waals surface area contributed by atoms with Crippen LogP contribution in [-0.2, 0) is 9.53 Å². The first kappa shape index (κ1) is 13.8. The third-order valence-corrected chi connectivity index (χ3v) is 2.36. The standard InChI is InChI=1S/C13H17N3O2/c1-2-18-13(17)4-3-7-16-12-8-10(9-14)5-6-11(12)15/h5-6,8,16H,2-4,7,15H2,1H3. The van der Waals surface area contributed by atoms with Crippen molar-refractivity contribution < 1.29 is 9.53 Å². The summed E-state index contributed by atoms with van der Waals surface area (Å²) < 4.78 is 4.82. The Hall–Kier alpha value is -2.22. The maximum Gasteiger partial charge on any atom is 0.305 e. The molecule has 96 valence electrons. The number of hydrogen-bond acceptors (Lipinski definition) is 5. The summed E-state index contributed by atoms with van der Waals surface area (Å²) in [7, 11) is 0. The topological polar surface area (TPSA) is 88.1 Å². The molecule has 18 heavy (non-hydrogen) atoms. The summed E-state index contributed by atoms with van der Waals surface area (Å²) in [6.45, 7) is 2.80. The van der Waals surface area contributed by atoms with Crippen molar-refractivity contribution in [1.29, 1.82) is 5.26 Å². The van der Waals surface area contributed by atoms with Gasteiger partial charge in [0.1, 0.15) is 0 Å². The second-order valence-corrected chi connectivity index (χ2v) is 3.75. The second kappa shape index (κ2) is 7.17. The van der Waals surface area contributed by atoms with Crippen LogP contribution in [0.1, 0.15) is 25.3 Å².